The molecule has 158 valence electrons. The number of hydrogen-bond acceptors (Lipinski definition) is 8. The Morgan fingerprint density at radius 2 is 1.79 bits per heavy atom. The van der Waals surface area contributed by atoms with Gasteiger partial charge in [-0.15, -0.1) is 0 Å². The Balaban J connectivity index is 1.43. The molecule has 2 heterocycles. The van der Waals surface area contributed by atoms with Crippen LogP contribution in [0.25, 0.3) is 0 Å². The van der Waals surface area contributed by atoms with Crippen molar-refractivity contribution in [1.82, 2.24) is 19.9 Å². The van der Waals surface area contributed by atoms with Gasteiger partial charge in [-0.05, 0) is 24.3 Å². The normalized spacial score (nSPS) is 16.3. The first kappa shape index (κ1) is 21.4. The molecule has 0 atom stereocenters. The van der Waals surface area contributed by atoms with Gasteiger partial charge in [0.15, 0.2) is 5.82 Å². The highest BCUT2D eigenvalue weighted by Gasteiger charge is 2.21. The Kier molecular flexibility index (Phi) is 6.63. The molecule has 3 rings (SSSR count). The topological polar surface area (TPSA) is 135 Å². The molecule has 3 N–H and O–H groups in total. The number of nitrogens with two attached hydrogens (primary N) is 1. The van der Waals surface area contributed by atoms with Gasteiger partial charge in [0.2, 0.25) is 21.8 Å². The van der Waals surface area contributed by atoms with E-state index in [0.717, 1.165) is 26.2 Å². The average molecular weight is 423 g/mol. The largest absolute Gasteiger partial charge is 0.338 e. The van der Waals surface area contributed by atoms with E-state index in [2.05, 4.69) is 25.3 Å². The number of benzene rings is 1. The maximum Gasteiger partial charge on any atom is 0.240 e. The van der Waals surface area contributed by atoms with Gasteiger partial charge in [-0.1, -0.05) is 19.0 Å². The predicted octanol–water partition coefficient (Wildman–Crippen LogP) is 0.597. The number of carbonyl (C=O) groups excluding carboxylic acids is 1. The molecule has 1 aromatic heterocycles. The zero-order valence-corrected chi connectivity index (χ0v) is 17.4. The molecule has 0 saturated carbocycles. The van der Waals surface area contributed by atoms with Crippen molar-refractivity contribution < 1.29 is 17.7 Å². The molecule has 1 fully saturated rings. The summed E-state index contributed by atoms with van der Waals surface area (Å²) in [6, 6.07) is 5.77. The standard InChI is InChI=1S/C18H26N6O4S/c1-13(2)18-21-17(28-22-18)12-24-9-7-23(8-10-24)11-16(25)20-14-3-5-15(6-4-14)29(19,26)27/h3-6,13H,7-12H2,1-2H3,(H,20,25)(H2,19,26,27). The Hall–Kier alpha value is -2.34. The summed E-state index contributed by atoms with van der Waals surface area (Å²) in [7, 11) is -3.74. The van der Waals surface area contributed by atoms with Gasteiger partial charge in [-0.25, -0.2) is 13.6 Å². The van der Waals surface area contributed by atoms with E-state index in [1.807, 2.05) is 13.8 Å². The fourth-order valence-electron chi connectivity index (χ4n) is 3.00. The molecule has 2 aromatic rings. The lowest BCUT2D eigenvalue weighted by Crippen LogP contribution is -2.48. The molecular formula is C18H26N6O4S. The van der Waals surface area contributed by atoms with Crippen LogP contribution in [-0.2, 0) is 21.4 Å². The van der Waals surface area contributed by atoms with Crippen molar-refractivity contribution in [3.05, 3.63) is 36.0 Å². The number of primary sulfonamides is 1. The van der Waals surface area contributed by atoms with Gasteiger partial charge in [0.1, 0.15) is 0 Å². The molecule has 1 saturated heterocycles. The zero-order valence-electron chi connectivity index (χ0n) is 16.5. The summed E-state index contributed by atoms with van der Waals surface area (Å²) in [4.78, 5) is 21.0. The summed E-state index contributed by atoms with van der Waals surface area (Å²) in [6.07, 6.45) is 0. The number of nitrogens with zero attached hydrogens (tertiary/aromatic N) is 4. The van der Waals surface area contributed by atoms with E-state index >= 15 is 0 Å². The van der Waals surface area contributed by atoms with E-state index in [1.54, 1.807) is 0 Å². The van der Waals surface area contributed by atoms with Crippen LogP contribution in [0, 0.1) is 0 Å². The maximum atomic E-state index is 12.3. The van der Waals surface area contributed by atoms with Crippen LogP contribution in [0.2, 0.25) is 0 Å². The van der Waals surface area contributed by atoms with Crippen molar-refractivity contribution in [2.24, 2.45) is 5.14 Å². The minimum absolute atomic E-state index is 0.00776. The molecular weight excluding hydrogens is 396 g/mol. The van der Waals surface area contributed by atoms with Crippen LogP contribution in [0.4, 0.5) is 5.69 Å². The van der Waals surface area contributed by atoms with Crippen LogP contribution in [0.1, 0.15) is 31.5 Å². The van der Waals surface area contributed by atoms with Gasteiger partial charge in [-0.3, -0.25) is 14.6 Å². The third-order valence-corrected chi connectivity index (χ3v) is 5.59. The number of anilines is 1. The number of carbonyl (C=O) groups is 1. The van der Waals surface area contributed by atoms with Crippen LogP contribution in [0.15, 0.2) is 33.7 Å². The van der Waals surface area contributed by atoms with E-state index in [4.69, 9.17) is 9.66 Å². The Bertz CT molecular complexity index is 934. The fourth-order valence-corrected chi connectivity index (χ4v) is 3.51. The second-order valence-corrected chi connectivity index (χ2v) is 8.93. The second kappa shape index (κ2) is 8.99. The van der Waals surface area contributed by atoms with Crippen LogP contribution in [0.5, 0.6) is 0 Å². The summed E-state index contributed by atoms with van der Waals surface area (Å²) in [5.74, 6) is 1.41. The van der Waals surface area contributed by atoms with Gasteiger partial charge < -0.3 is 9.84 Å². The number of hydrogen-bond donors (Lipinski definition) is 2. The lowest BCUT2D eigenvalue weighted by Gasteiger charge is -2.33. The van der Waals surface area contributed by atoms with Crippen molar-refractivity contribution in [2.45, 2.75) is 31.2 Å². The number of rotatable bonds is 7. The van der Waals surface area contributed by atoms with Gasteiger partial charge in [0, 0.05) is 37.8 Å². The molecule has 0 radical (unpaired) electrons. The number of aromatic nitrogens is 2. The third-order valence-electron chi connectivity index (χ3n) is 4.66. The van der Waals surface area contributed by atoms with E-state index in [0.29, 0.717) is 23.9 Å². The summed E-state index contributed by atoms with van der Waals surface area (Å²) in [5, 5.41) is 11.8. The number of amides is 1. The SMILES string of the molecule is CC(C)c1noc(CN2CCN(CC(=O)Nc3ccc(S(N)(=O)=O)cc3)CC2)n1. The molecule has 0 aliphatic carbocycles. The Morgan fingerprint density at radius 1 is 1.17 bits per heavy atom. The molecule has 11 heteroatoms. The molecule has 1 amide bonds. The van der Waals surface area contributed by atoms with Crippen molar-refractivity contribution >= 4 is 21.6 Å². The first-order valence-electron chi connectivity index (χ1n) is 9.40. The van der Waals surface area contributed by atoms with Gasteiger partial charge in [0.25, 0.3) is 0 Å². The lowest BCUT2D eigenvalue weighted by atomic mass is 10.2. The zero-order chi connectivity index (χ0) is 21.0. The van der Waals surface area contributed by atoms with E-state index in [-0.39, 0.29) is 23.3 Å². The fraction of sp³-hybridized carbons (Fsp3) is 0.500. The van der Waals surface area contributed by atoms with Crippen LogP contribution < -0.4 is 10.5 Å². The van der Waals surface area contributed by atoms with E-state index < -0.39 is 10.0 Å². The highest BCUT2D eigenvalue weighted by Crippen LogP contribution is 2.14. The van der Waals surface area contributed by atoms with Crippen LogP contribution in [-0.4, -0.2) is 67.0 Å². The number of nitrogens with one attached hydrogen (secondary N) is 1. The summed E-state index contributed by atoms with van der Waals surface area (Å²) < 4.78 is 27.8. The first-order chi connectivity index (χ1) is 13.7. The highest BCUT2D eigenvalue weighted by molar-refractivity contribution is 7.89. The summed E-state index contributed by atoms with van der Waals surface area (Å²) >= 11 is 0. The highest BCUT2D eigenvalue weighted by atomic mass is 32.2. The number of sulfonamides is 1. The summed E-state index contributed by atoms with van der Waals surface area (Å²) in [5.41, 5.74) is 0.526. The molecule has 29 heavy (non-hydrogen) atoms. The average Bonchev–Trinajstić information content (AvgIpc) is 3.12. The monoisotopic (exact) mass is 422 g/mol. The lowest BCUT2D eigenvalue weighted by molar-refractivity contribution is -0.117. The van der Waals surface area contributed by atoms with Crippen molar-refractivity contribution in [2.75, 3.05) is 38.0 Å². The molecule has 1 aromatic carbocycles. The second-order valence-electron chi connectivity index (χ2n) is 7.37. The smallest absolute Gasteiger partial charge is 0.240 e. The molecule has 1 aliphatic rings. The Labute approximate surface area is 170 Å². The van der Waals surface area contributed by atoms with Crippen LogP contribution >= 0.6 is 0 Å². The molecule has 10 nitrogen and oxygen atoms in total. The molecule has 1 aliphatic heterocycles. The van der Waals surface area contributed by atoms with E-state index in [9.17, 15) is 13.2 Å². The predicted molar refractivity (Wildman–Crippen MR) is 107 cm³/mol. The molecule has 0 spiro atoms. The van der Waals surface area contributed by atoms with Crippen molar-refractivity contribution in [3.8, 4) is 0 Å². The first-order valence-corrected chi connectivity index (χ1v) is 11.0. The number of piperazine rings is 1. The molecule has 0 unspecified atom stereocenters. The molecule has 0 bridgehead atoms. The Morgan fingerprint density at radius 3 is 2.34 bits per heavy atom. The van der Waals surface area contributed by atoms with Gasteiger partial charge >= 0.3 is 0 Å². The maximum absolute atomic E-state index is 12.3. The van der Waals surface area contributed by atoms with Crippen LogP contribution in [0.3, 0.4) is 0 Å². The van der Waals surface area contributed by atoms with Crippen molar-refractivity contribution in [3.63, 3.8) is 0 Å². The minimum atomic E-state index is -3.74. The van der Waals surface area contributed by atoms with E-state index in [1.165, 1.54) is 24.3 Å². The quantitative estimate of drug-likeness (QED) is 0.662. The van der Waals surface area contributed by atoms with Gasteiger partial charge in [0.05, 0.1) is 18.0 Å². The third kappa shape index (κ3) is 6.07. The summed E-state index contributed by atoms with van der Waals surface area (Å²) in [6.45, 7) is 8.02. The van der Waals surface area contributed by atoms with Gasteiger partial charge in [-0.2, -0.15) is 4.98 Å². The minimum Gasteiger partial charge on any atom is -0.338 e. The van der Waals surface area contributed by atoms with Crippen molar-refractivity contribution in [1.29, 1.82) is 0 Å².